The lowest BCUT2D eigenvalue weighted by Crippen LogP contribution is -2.19. The van der Waals surface area contributed by atoms with Crippen molar-refractivity contribution in [3.05, 3.63) is 28.2 Å². The van der Waals surface area contributed by atoms with Gasteiger partial charge in [0, 0.05) is 0 Å². The van der Waals surface area contributed by atoms with Crippen LogP contribution in [0, 0.1) is 0 Å². The monoisotopic (exact) mass is 341 g/mol. The molecule has 1 aromatic rings. The van der Waals surface area contributed by atoms with Crippen molar-refractivity contribution in [3.8, 4) is 5.75 Å². The third kappa shape index (κ3) is 6.79. The van der Waals surface area contributed by atoms with Gasteiger partial charge in [0.2, 0.25) is 0 Å². The fourth-order valence-corrected chi connectivity index (χ4v) is 1.92. The molecule has 0 aliphatic carbocycles. The van der Waals surface area contributed by atoms with E-state index in [1.165, 1.54) is 0 Å². The van der Waals surface area contributed by atoms with E-state index < -0.39 is 12.8 Å². The highest BCUT2D eigenvalue weighted by molar-refractivity contribution is 9.10. The summed E-state index contributed by atoms with van der Waals surface area (Å²) in [7, 11) is 0. The van der Waals surface area contributed by atoms with Crippen LogP contribution in [0.15, 0.2) is 22.7 Å². The molecule has 0 saturated heterocycles. The van der Waals surface area contributed by atoms with Crippen molar-refractivity contribution >= 4 is 15.9 Å². The van der Waals surface area contributed by atoms with Crippen molar-refractivity contribution < 1.29 is 22.6 Å². The van der Waals surface area contributed by atoms with E-state index in [-0.39, 0.29) is 13.2 Å². The topological polar surface area (TPSA) is 44.5 Å². The first kappa shape index (κ1) is 16.3. The molecule has 0 bridgehead atoms. The Bertz CT molecular complexity index is 399. The predicted molar refractivity (Wildman–Crippen MR) is 69.3 cm³/mol. The molecule has 0 fully saturated rings. The minimum absolute atomic E-state index is 0.0604. The molecule has 0 saturated carbocycles. The van der Waals surface area contributed by atoms with Gasteiger partial charge in [0.25, 0.3) is 0 Å². The molecule has 0 aliphatic heterocycles. The maximum Gasteiger partial charge on any atom is 0.411 e. The Kier molecular flexibility index (Phi) is 6.60. The molecular weight excluding hydrogens is 327 g/mol. The normalized spacial score (nSPS) is 11.6. The number of benzene rings is 1. The molecule has 0 atom stereocenters. The minimum Gasteiger partial charge on any atom is -0.490 e. The predicted octanol–water partition coefficient (Wildman–Crippen LogP) is 2.91. The zero-order valence-electron chi connectivity index (χ0n) is 10.2. The molecule has 0 amide bonds. The fourth-order valence-electron chi connectivity index (χ4n) is 1.38. The van der Waals surface area contributed by atoms with Crippen LogP contribution in [0.5, 0.6) is 5.75 Å². The second kappa shape index (κ2) is 7.72. The van der Waals surface area contributed by atoms with E-state index in [9.17, 15) is 13.2 Å². The summed E-state index contributed by atoms with van der Waals surface area (Å²) in [4.78, 5) is 0. The van der Waals surface area contributed by atoms with Gasteiger partial charge in [0.1, 0.15) is 19.0 Å². The lowest BCUT2D eigenvalue weighted by Gasteiger charge is -2.11. The van der Waals surface area contributed by atoms with Crippen molar-refractivity contribution in [2.75, 3.05) is 26.4 Å². The first-order valence-electron chi connectivity index (χ1n) is 5.68. The molecule has 0 heterocycles. The van der Waals surface area contributed by atoms with Crippen LogP contribution in [0.25, 0.3) is 0 Å². The van der Waals surface area contributed by atoms with E-state index in [0.29, 0.717) is 12.3 Å². The summed E-state index contributed by atoms with van der Waals surface area (Å²) < 4.78 is 45.9. The summed E-state index contributed by atoms with van der Waals surface area (Å²) in [6.45, 7) is -0.758. The summed E-state index contributed by atoms with van der Waals surface area (Å²) in [6.07, 6.45) is -3.54. The molecule has 3 nitrogen and oxygen atoms in total. The van der Waals surface area contributed by atoms with Gasteiger partial charge in [-0.05, 0) is 46.6 Å². The third-order valence-electron chi connectivity index (χ3n) is 2.18. The summed E-state index contributed by atoms with van der Waals surface area (Å²) >= 11 is 3.33. The van der Waals surface area contributed by atoms with Gasteiger partial charge >= 0.3 is 6.18 Å². The third-order valence-corrected chi connectivity index (χ3v) is 2.80. The zero-order valence-corrected chi connectivity index (χ0v) is 11.8. The molecule has 1 aromatic carbocycles. The second-order valence-electron chi connectivity index (χ2n) is 3.82. The molecule has 19 heavy (non-hydrogen) atoms. The lowest BCUT2D eigenvalue weighted by atomic mass is 10.1. The molecule has 2 N–H and O–H groups in total. The van der Waals surface area contributed by atoms with Crippen LogP contribution in [0.2, 0.25) is 0 Å². The molecule has 7 heteroatoms. The Hall–Kier alpha value is -0.790. The van der Waals surface area contributed by atoms with Gasteiger partial charge in [-0.1, -0.05) is 6.07 Å². The van der Waals surface area contributed by atoms with Crippen molar-refractivity contribution in [2.45, 2.75) is 12.6 Å². The fraction of sp³-hybridized carbons (Fsp3) is 0.500. The Labute approximate surface area is 118 Å². The van der Waals surface area contributed by atoms with E-state index in [1.54, 1.807) is 6.07 Å². The van der Waals surface area contributed by atoms with E-state index in [0.717, 1.165) is 16.5 Å². The van der Waals surface area contributed by atoms with Gasteiger partial charge < -0.3 is 15.2 Å². The highest BCUT2D eigenvalue weighted by atomic mass is 79.9. The van der Waals surface area contributed by atoms with E-state index >= 15 is 0 Å². The summed E-state index contributed by atoms with van der Waals surface area (Å²) in [5, 5.41) is 0. The number of alkyl halides is 3. The summed E-state index contributed by atoms with van der Waals surface area (Å²) in [6, 6.07) is 5.49. The molecule has 108 valence electrons. The average molecular weight is 342 g/mol. The van der Waals surface area contributed by atoms with Crippen molar-refractivity contribution in [2.24, 2.45) is 5.73 Å². The molecular formula is C12H15BrF3NO2. The molecule has 1 rings (SSSR count). The van der Waals surface area contributed by atoms with Crippen LogP contribution in [0.1, 0.15) is 5.56 Å². The molecule has 0 spiro atoms. The maximum atomic E-state index is 11.8. The first-order chi connectivity index (χ1) is 8.92. The molecule has 0 aliphatic rings. The van der Waals surface area contributed by atoms with Gasteiger partial charge in [0.05, 0.1) is 11.1 Å². The summed E-state index contributed by atoms with van der Waals surface area (Å²) in [5.41, 5.74) is 6.51. The largest absolute Gasteiger partial charge is 0.490 e. The van der Waals surface area contributed by atoms with E-state index in [4.69, 9.17) is 10.5 Å². The van der Waals surface area contributed by atoms with Crippen LogP contribution in [0.3, 0.4) is 0 Å². The van der Waals surface area contributed by atoms with Gasteiger partial charge in [0.15, 0.2) is 0 Å². The number of hydrogen-bond acceptors (Lipinski definition) is 3. The number of hydrogen-bond donors (Lipinski definition) is 1. The summed E-state index contributed by atoms with van der Waals surface area (Å²) in [5.74, 6) is 0.566. The zero-order chi connectivity index (χ0) is 14.3. The Morgan fingerprint density at radius 3 is 2.53 bits per heavy atom. The SMILES string of the molecule is NCCc1ccc(OCCOCC(F)(F)F)c(Br)c1. The quantitative estimate of drug-likeness (QED) is 0.775. The van der Waals surface area contributed by atoms with Crippen molar-refractivity contribution in [3.63, 3.8) is 0 Å². The number of rotatable bonds is 7. The smallest absolute Gasteiger partial charge is 0.411 e. The van der Waals surface area contributed by atoms with E-state index in [2.05, 4.69) is 20.7 Å². The van der Waals surface area contributed by atoms with E-state index in [1.807, 2.05) is 12.1 Å². The number of halogens is 4. The first-order valence-corrected chi connectivity index (χ1v) is 6.47. The van der Waals surface area contributed by atoms with Gasteiger partial charge in [-0.3, -0.25) is 0 Å². The highest BCUT2D eigenvalue weighted by Gasteiger charge is 2.27. The molecule has 0 radical (unpaired) electrons. The maximum absolute atomic E-state index is 11.8. The van der Waals surface area contributed by atoms with Crippen LogP contribution in [0.4, 0.5) is 13.2 Å². The lowest BCUT2D eigenvalue weighted by molar-refractivity contribution is -0.175. The minimum atomic E-state index is -4.30. The Morgan fingerprint density at radius 1 is 1.21 bits per heavy atom. The van der Waals surface area contributed by atoms with Crippen molar-refractivity contribution in [1.29, 1.82) is 0 Å². The van der Waals surface area contributed by atoms with Gasteiger partial charge in [-0.2, -0.15) is 13.2 Å². The molecule has 0 unspecified atom stereocenters. The highest BCUT2D eigenvalue weighted by Crippen LogP contribution is 2.26. The van der Waals surface area contributed by atoms with Crippen LogP contribution in [-0.4, -0.2) is 32.5 Å². The molecule has 0 aromatic heterocycles. The van der Waals surface area contributed by atoms with Gasteiger partial charge in [-0.15, -0.1) is 0 Å². The number of nitrogens with two attached hydrogens (primary N) is 1. The van der Waals surface area contributed by atoms with Crippen LogP contribution in [-0.2, 0) is 11.2 Å². The number of ether oxygens (including phenoxy) is 2. The van der Waals surface area contributed by atoms with Crippen molar-refractivity contribution in [1.82, 2.24) is 0 Å². The Balaban J connectivity index is 2.33. The Morgan fingerprint density at radius 2 is 1.95 bits per heavy atom. The van der Waals surface area contributed by atoms with Crippen LogP contribution < -0.4 is 10.5 Å². The van der Waals surface area contributed by atoms with Gasteiger partial charge in [-0.25, -0.2) is 0 Å². The standard InChI is InChI=1S/C12H15BrF3NO2/c13-10-7-9(3-4-17)1-2-11(10)19-6-5-18-8-12(14,15)16/h1-2,7H,3-6,8,17H2. The average Bonchev–Trinajstić information content (AvgIpc) is 2.30. The van der Waals surface area contributed by atoms with Crippen LogP contribution >= 0.6 is 15.9 Å². The second-order valence-corrected chi connectivity index (χ2v) is 4.67.